The summed E-state index contributed by atoms with van der Waals surface area (Å²) in [6.45, 7) is 5.41. The second-order valence-electron chi connectivity index (χ2n) is 7.93. The zero-order valence-electron chi connectivity index (χ0n) is 15.8. The molecule has 7 nitrogen and oxygen atoms in total. The van der Waals surface area contributed by atoms with Crippen LogP contribution >= 0.6 is 0 Å². The molecule has 3 aliphatic rings. The van der Waals surface area contributed by atoms with E-state index in [0.29, 0.717) is 19.0 Å². The second-order valence-corrected chi connectivity index (χ2v) is 7.93. The minimum atomic E-state index is -0.338. The van der Waals surface area contributed by atoms with E-state index in [0.717, 1.165) is 38.3 Å². The van der Waals surface area contributed by atoms with E-state index in [9.17, 15) is 14.7 Å². The summed E-state index contributed by atoms with van der Waals surface area (Å²) in [4.78, 5) is 27.8. The number of nitrogens with one attached hydrogen (secondary N) is 1. The van der Waals surface area contributed by atoms with E-state index < -0.39 is 0 Å². The number of amides is 1. The molecule has 2 N–H and O–H groups in total. The number of carbonyl (C=O) groups excluding carboxylic acids is 1. The maximum atomic E-state index is 12.9. The number of hydrogen-bond acceptors (Lipinski definition) is 5. The van der Waals surface area contributed by atoms with E-state index in [1.165, 1.54) is 0 Å². The highest BCUT2D eigenvalue weighted by atomic mass is 16.5. The van der Waals surface area contributed by atoms with Gasteiger partial charge in [0, 0.05) is 63.2 Å². The molecule has 4 rings (SSSR count). The number of aliphatic hydroxyl groups is 1. The molecule has 2 fully saturated rings. The van der Waals surface area contributed by atoms with E-state index in [1.807, 2.05) is 13.0 Å². The lowest BCUT2D eigenvalue weighted by Crippen LogP contribution is -2.48. The highest BCUT2D eigenvalue weighted by Crippen LogP contribution is 2.48. The quantitative estimate of drug-likeness (QED) is 0.777. The fraction of sp³-hybridized carbons (Fsp3) is 0.700. The Balaban J connectivity index is 1.73. The molecule has 27 heavy (non-hydrogen) atoms. The molecule has 0 aromatic carbocycles. The van der Waals surface area contributed by atoms with Gasteiger partial charge >= 0.3 is 0 Å². The zero-order chi connectivity index (χ0) is 19.0. The molecule has 4 atom stereocenters. The van der Waals surface area contributed by atoms with E-state index in [2.05, 4.69) is 10.2 Å². The van der Waals surface area contributed by atoms with Gasteiger partial charge in [-0.2, -0.15) is 0 Å². The molecule has 4 heterocycles. The van der Waals surface area contributed by atoms with Gasteiger partial charge in [-0.3, -0.25) is 14.5 Å². The van der Waals surface area contributed by atoms with Gasteiger partial charge in [0.1, 0.15) is 0 Å². The van der Waals surface area contributed by atoms with Crippen LogP contribution in [0.1, 0.15) is 31.5 Å². The Morgan fingerprint density at radius 1 is 1.33 bits per heavy atom. The van der Waals surface area contributed by atoms with Crippen molar-refractivity contribution < 1.29 is 14.6 Å². The fourth-order valence-corrected chi connectivity index (χ4v) is 5.24. The molecule has 0 radical (unpaired) electrons. The Kier molecular flexibility index (Phi) is 5.34. The number of carbonyl (C=O) groups is 1. The number of nitrogens with zero attached hydrogens (tertiary/aromatic N) is 2. The summed E-state index contributed by atoms with van der Waals surface area (Å²) >= 11 is 0. The number of aliphatic hydroxyl groups excluding tert-OH is 1. The van der Waals surface area contributed by atoms with Crippen molar-refractivity contribution in [2.24, 2.45) is 17.8 Å². The van der Waals surface area contributed by atoms with Gasteiger partial charge in [-0.15, -0.1) is 0 Å². The van der Waals surface area contributed by atoms with Crippen molar-refractivity contribution in [3.63, 3.8) is 0 Å². The number of aromatic nitrogens is 1. The van der Waals surface area contributed by atoms with Gasteiger partial charge in [0.2, 0.25) is 5.91 Å². The lowest BCUT2D eigenvalue weighted by Gasteiger charge is -2.40. The predicted octanol–water partition coefficient (Wildman–Crippen LogP) is 0.375. The molecular weight excluding hydrogens is 346 g/mol. The number of ether oxygens (including phenoxy) is 1. The molecule has 2 bridgehead atoms. The molecule has 1 amide bonds. The Hall–Kier alpha value is -1.70. The average Bonchev–Trinajstić information content (AvgIpc) is 2.88. The molecule has 1 aromatic rings. The van der Waals surface area contributed by atoms with E-state index in [1.54, 1.807) is 16.7 Å². The summed E-state index contributed by atoms with van der Waals surface area (Å²) < 4.78 is 7.30. The van der Waals surface area contributed by atoms with Gasteiger partial charge in [-0.1, -0.05) is 6.07 Å². The van der Waals surface area contributed by atoms with Crippen LogP contribution in [-0.2, 0) is 16.1 Å². The Bertz CT molecular complexity index is 743. The minimum absolute atomic E-state index is 0.00283. The van der Waals surface area contributed by atoms with Gasteiger partial charge in [-0.05, 0) is 31.7 Å². The molecule has 7 heteroatoms. The summed E-state index contributed by atoms with van der Waals surface area (Å²) in [5.74, 6) is -0.000117. The molecule has 1 aromatic heterocycles. The second kappa shape index (κ2) is 7.73. The third-order valence-corrected chi connectivity index (χ3v) is 6.51. The molecule has 148 valence electrons. The third kappa shape index (κ3) is 3.22. The van der Waals surface area contributed by atoms with Crippen LogP contribution in [0.3, 0.4) is 0 Å². The van der Waals surface area contributed by atoms with Gasteiger partial charge in [0.15, 0.2) is 0 Å². The van der Waals surface area contributed by atoms with E-state index in [-0.39, 0.29) is 42.0 Å². The van der Waals surface area contributed by atoms with Crippen molar-refractivity contribution in [2.75, 3.05) is 32.9 Å². The number of hydrogen-bond donors (Lipinski definition) is 2. The highest BCUT2D eigenvalue weighted by molar-refractivity contribution is 5.80. The standard InChI is InChI=1S/C20H29N3O4/c1-2-21-20(26)18-14(12-24)16-11-22-15(4-3-5-17(22)25)19(18)23(16)10-13-6-8-27-9-7-13/h3-5,13-14,16,18-19,24H,2,6-12H2,1H3,(H,21,26)/t14-,16-,18+,19+/m1/s1. The van der Waals surface area contributed by atoms with Crippen LogP contribution in [0, 0.1) is 17.8 Å². The average molecular weight is 375 g/mol. The SMILES string of the molecule is CCNC(=O)[C@H]1[C@H](CO)[C@H]2Cn3c(cccc3=O)[C@@H]1N2CC1CCOCC1. The number of fused-ring (bicyclic) bond motifs is 4. The van der Waals surface area contributed by atoms with Crippen molar-refractivity contribution in [3.05, 3.63) is 34.2 Å². The normalized spacial score (nSPS) is 30.9. The fourth-order valence-electron chi connectivity index (χ4n) is 5.24. The maximum absolute atomic E-state index is 12.9. The highest BCUT2D eigenvalue weighted by Gasteiger charge is 2.55. The molecule has 0 saturated carbocycles. The maximum Gasteiger partial charge on any atom is 0.250 e. The van der Waals surface area contributed by atoms with E-state index >= 15 is 0 Å². The van der Waals surface area contributed by atoms with Crippen LogP contribution in [0.4, 0.5) is 0 Å². The Morgan fingerprint density at radius 3 is 2.81 bits per heavy atom. The first-order valence-corrected chi connectivity index (χ1v) is 10.1. The van der Waals surface area contributed by atoms with Crippen LogP contribution in [0.25, 0.3) is 0 Å². The van der Waals surface area contributed by atoms with Gasteiger partial charge in [-0.25, -0.2) is 0 Å². The van der Waals surface area contributed by atoms with E-state index in [4.69, 9.17) is 4.74 Å². The first kappa shape index (κ1) is 18.7. The van der Waals surface area contributed by atoms with Crippen molar-refractivity contribution in [1.82, 2.24) is 14.8 Å². The van der Waals surface area contributed by atoms with Crippen molar-refractivity contribution in [1.29, 1.82) is 0 Å². The van der Waals surface area contributed by atoms with Crippen LogP contribution in [-0.4, -0.2) is 59.4 Å². The number of pyridine rings is 1. The van der Waals surface area contributed by atoms with Crippen molar-refractivity contribution in [2.45, 2.75) is 38.4 Å². The van der Waals surface area contributed by atoms with Crippen LogP contribution in [0.5, 0.6) is 0 Å². The molecule has 0 spiro atoms. The lowest BCUT2D eigenvalue weighted by atomic mass is 9.86. The summed E-state index contributed by atoms with van der Waals surface area (Å²) in [5, 5.41) is 13.1. The van der Waals surface area contributed by atoms with Gasteiger partial charge in [0.05, 0.1) is 12.0 Å². The predicted molar refractivity (Wildman–Crippen MR) is 100 cm³/mol. The van der Waals surface area contributed by atoms with Crippen LogP contribution in [0.15, 0.2) is 23.0 Å². The minimum Gasteiger partial charge on any atom is -0.396 e. The van der Waals surface area contributed by atoms with Crippen LogP contribution < -0.4 is 10.9 Å². The summed E-state index contributed by atoms with van der Waals surface area (Å²) in [5.41, 5.74) is 0.875. The zero-order valence-corrected chi connectivity index (χ0v) is 15.8. The summed E-state index contributed by atoms with van der Waals surface area (Å²) in [7, 11) is 0. The third-order valence-electron chi connectivity index (χ3n) is 6.51. The largest absolute Gasteiger partial charge is 0.396 e. The molecule has 2 saturated heterocycles. The summed E-state index contributed by atoms with van der Waals surface area (Å²) in [6.07, 6.45) is 2.04. The lowest BCUT2D eigenvalue weighted by molar-refractivity contribution is -0.127. The van der Waals surface area contributed by atoms with Crippen molar-refractivity contribution >= 4 is 5.91 Å². The Morgan fingerprint density at radius 2 is 2.11 bits per heavy atom. The van der Waals surface area contributed by atoms with Gasteiger partial charge < -0.3 is 19.7 Å². The monoisotopic (exact) mass is 375 g/mol. The van der Waals surface area contributed by atoms with Gasteiger partial charge in [0.25, 0.3) is 5.56 Å². The first-order valence-electron chi connectivity index (χ1n) is 10.1. The Labute approximate surface area is 159 Å². The summed E-state index contributed by atoms with van der Waals surface area (Å²) in [6, 6.07) is 5.16. The van der Waals surface area contributed by atoms with Crippen LogP contribution in [0.2, 0.25) is 0 Å². The topological polar surface area (TPSA) is 83.8 Å². The first-order chi connectivity index (χ1) is 13.2. The molecule has 0 unspecified atom stereocenters. The molecular formula is C20H29N3O4. The molecule has 3 aliphatic heterocycles. The molecule has 0 aliphatic carbocycles. The van der Waals surface area contributed by atoms with Crippen molar-refractivity contribution in [3.8, 4) is 0 Å². The number of rotatable bonds is 5. The smallest absolute Gasteiger partial charge is 0.250 e.